The number of nitrogens with zero attached hydrogens (tertiary/aromatic N) is 2. The largest absolute Gasteiger partial charge is 0.490 e. The van der Waals surface area contributed by atoms with Gasteiger partial charge in [0, 0.05) is 31.6 Å². The summed E-state index contributed by atoms with van der Waals surface area (Å²) in [6, 6.07) is 5.46. The lowest BCUT2D eigenvalue weighted by Crippen LogP contribution is -2.60. The zero-order valence-electron chi connectivity index (χ0n) is 14.0. The second-order valence-electron chi connectivity index (χ2n) is 5.95. The van der Waals surface area contributed by atoms with Gasteiger partial charge in [0.2, 0.25) is 0 Å². The predicted molar refractivity (Wildman–Crippen MR) is 89.1 cm³/mol. The number of likely N-dealkylation sites (tertiary alicyclic amines) is 1. The molecule has 0 aromatic carbocycles. The Balaban J connectivity index is 0.000000298. The fourth-order valence-electron chi connectivity index (χ4n) is 2.81. The van der Waals surface area contributed by atoms with Gasteiger partial charge in [-0.2, -0.15) is 13.2 Å². The Morgan fingerprint density at radius 3 is 2.58 bits per heavy atom. The number of hydrogen-bond acceptors (Lipinski definition) is 5. The van der Waals surface area contributed by atoms with Crippen molar-refractivity contribution in [1.29, 1.82) is 0 Å². The van der Waals surface area contributed by atoms with Gasteiger partial charge >= 0.3 is 12.1 Å². The molecular formula is C16H19F3N2O4S. The van der Waals surface area contributed by atoms with Crippen molar-refractivity contribution in [2.24, 2.45) is 0 Å². The van der Waals surface area contributed by atoms with E-state index in [2.05, 4.69) is 4.98 Å². The van der Waals surface area contributed by atoms with Gasteiger partial charge < -0.3 is 14.7 Å². The molecule has 0 saturated carbocycles. The molecule has 2 aliphatic heterocycles. The van der Waals surface area contributed by atoms with Crippen molar-refractivity contribution >= 4 is 23.6 Å². The number of aliphatic carboxylic acids is 1. The summed E-state index contributed by atoms with van der Waals surface area (Å²) in [5.41, 5.74) is 0.543. The van der Waals surface area contributed by atoms with Gasteiger partial charge in [0.25, 0.3) is 5.91 Å². The molecule has 1 N–H and O–H groups in total. The Bertz CT molecular complexity index is 636. The summed E-state index contributed by atoms with van der Waals surface area (Å²) >= 11 is 1.96. The molecule has 6 nitrogen and oxygen atoms in total. The van der Waals surface area contributed by atoms with Gasteiger partial charge in [-0.15, -0.1) is 11.8 Å². The van der Waals surface area contributed by atoms with Crippen molar-refractivity contribution in [3.8, 4) is 0 Å². The minimum Gasteiger partial charge on any atom is -0.475 e. The summed E-state index contributed by atoms with van der Waals surface area (Å²) in [5, 5.41) is 7.12. The summed E-state index contributed by atoms with van der Waals surface area (Å²) in [6.07, 6.45) is -1.99. The third-order valence-electron chi connectivity index (χ3n) is 3.95. The van der Waals surface area contributed by atoms with Crippen molar-refractivity contribution < 1.29 is 32.6 Å². The Labute approximate surface area is 152 Å². The molecule has 1 atom stereocenters. The van der Waals surface area contributed by atoms with Gasteiger partial charge in [-0.05, 0) is 25.5 Å². The minimum atomic E-state index is -5.08. The highest BCUT2D eigenvalue weighted by molar-refractivity contribution is 8.01. The van der Waals surface area contributed by atoms with Crippen molar-refractivity contribution in [1.82, 2.24) is 9.88 Å². The Morgan fingerprint density at radius 2 is 2.08 bits per heavy atom. The zero-order valence-corrected chi connectivity index (χ0v) is 14.8. The van der Waals surface area contributed by atoms with E-state index in [9.17, 15) is 18.0 Å². The van der Waals surface area contributed by atoms with E-state index < -0.39 is 12.1 Å². The van der Waals surface area contributed by atoms with Crippen LogP contribution in [0.15, 0.2) is 24.4 Å². The van der Waals surface area contributed by atoms with Crippen LogP contribution in [-0.2, 0) is 9.53 Å². The first-order valence-corrected chi connectivity index (χ1v) is 8.91. The van der Waals surface area contributed by atoms with Gasteiger partial charge in [-0.1, -0.05) is 6.07 Å². The van der Waals surface area contributed by atoms with Crippen LogP contribution in [0.3, 0.4) is 0 Å². The second-order valence-corrected chi connectivity index (χ2v) is 7.44. The molecular weight excluding hydrogens is 373 g/mol. The first-order valence-electron chi connectivity index (χ1n) is 7.93. The number of ether oxygens (including phenoxy) is 1. The molecule has 1 aromatic rings. The highest BCUT2D eigenvalue weighted by Gasteiger charge is 2.51. The van der Waals surface area contributed by atoms with E-state index in [0.717, 1.165) is 31.9 Å². The summed E-state index contributed by atoms with van der Waals surface area (Å²) in [5.74, 6) is -1.65. The monoisotopic (exact) mass is 392 g/mol. The molecule has 1 amide bonds. The Kier molecular flexibility index (Phi) is 6.51. The molecule has 10 heteroatoms. The van der Waals surface area contributed by atoms with E-state index in [1.165, 1.54) is 0 Å². The maximum atomic E-state index is 12.2. The van der Waals surface area contributed by atoms with E-state index in [0.29, 0.717) is 11.8 Å². The second kappa shape index (κ2) is 8.26. The van der Waals surface area contributed by atoms with Crippen molar-refractivity contribution in [3.05, 3.63) is 30.1 Å². The van der Waals surface area contributed by atoms with E-state index in [1.54, 1.807) is 12.3 Å². The van der Waals surface area contributed by atoms with Crippen molar-refractivity contribution in [2.75, 3.05) is 25.4 Å². The number of rotatable bonds is 3. The summed E-state index contributed by atoms with van der Waals surface area (Å²) in [6.45, 7) is 4.47. The Hall–Kier alpha value is -1.81. The normalized spacial score (nSPS) is 20.9. The molecule has 2 aliphatic rings. The van der Waals surface area contributed by atoms with Crippen LogP contribution >= 0.6 is 11.8 Å². The maximum Gasteiger partial charge on any atom is 0.490 e. The third-order valence-corrected chi connectivity index (χ3v) is 5.52. The lowest BCUT2D eigenvalue weighted by atomic mass is 9.92. The Morgan fingerprint density at radius 1 is 1.42 bits per heavy atom. The number of aromatic nitrogens is 1. The van der Waals surface area contributed by atoms with Gasteiger partial charge in [0.1, 0.15) is 5.69 Å². The van der Waals surface area contributed by atoms with Crippen LogP contribution < -0.4 is 0 Å². The van der Waals surface area contributed by atoms with Crippen LogP contribution in [0.25, 0.3) is 0 Å². The van der Waals surface area contributed by atoms with E-state index in [1.807, 2.05) is 35.7 Å². The van der Waals surface area contributed by atoms with Crippen molar-refractivity contribution in [2.45, 2.75) is 30.4 Å². The molecule has 144 valence electrons. The van der Waals surface area contributed by atoms with E-state index in [-0.39, 0.29) is 10.7 Å². The fourth-order valence-corrected chi connectivity index (χ4v) is 4.36. The number of thioether (sulfide) groups is 1. The number of carboxylic acid groups (broad SMARTS) is 1. The maximum absolute atomic E-state index is 12.2. The van der Waals surface area contributed by atoms with E-state index in [4.69, 9.17) is 14.6 Å². The summed E-state index contributed by atoms with van der Waals surface area (Å²) < 4.78 is 37.7. The van der Waals surface area contributed by atoms with Gasteiger partial charge in [0.15, 0.2) is 0 Å². The molecule has 3 rings (SSSR count). The molecule has 1 unspecified atom stereocenters. The summed E-state index contributed by atoms with van der Waals surface area (Å²) in [4.78, 5) is 27.1. The zero-order chi connectivity index (χ0) is 19.4. The van der Waals surface area contributed by atoms with Crippen LogP contribution in [0.5, 0.6) is 0 Å². The molecule has 26 heavy (non-hydrogen) atoms. The van der Waals surface area contributed by atoms with Gasteiger partial charge in [-0.25, -0.2) is 4.79 Å². The van der Waals surface area contributed by atoms with E-state index >= 15 is 0 Å². The van der Waals surface area contributed by atoms with Crippen LogP contribution in [0.4, 0.5) is 13.2 Å². The lowest BCUT2D eigenvalue weighted by molar-refractivity contribution is -0.192. The average Bonchev–Trinajstić information content (AvgIpc) is 2.98. The molecule has 2 saturated heterocycles. The van der Waals surface area contributed by atoms with Gasteiger partial charge in [-0.3, -0.25) is 9.78 Å². The number of carboxylic acids is 1. The highest BCUT2D eigenvalue weighted by Crippen LogP contribution is 2.46. The number of alkyl halides is 3. The third kappa shape index (κ3) is 5.10. The van der Waals surface area contributed by atoms with Gasteiger partial charge in [0.05, 0.1) is 10.9 Å². The predicted octanol–water partition coefficient (Wildman–Crippen LogP) is 2.45. The fraction of sp³-hybridized carbons (Fsp3) is 0.562. The van der Waals surface area contributed by atoms with Crippen LogP contribution in [0.1, 0.15) is 23.8 Å². The van der Waals surface area contributed by atoms with Crippen molar-refractivity contribution in [3.63, 3.8) is 0 Å². The van der Waals surface area contributed by atoms with Crippen LogP contribution in [-0.4, -0.2) is 69.3 Å². The highest BCUT2D eigenvalue weighted by atomic mass is 32.2. The number of carbonyl (C=O) groups is 2. The number of pyridine rings is 1. The number of hydrogen-bond donors (Lipinski definition) is 1. The van der Waals surface area contributed by atoms with Crippen LogP contribution in [0, 0.1) is 0 Å². The first kappa shape index (κ1) is 20.5. The minimum absolute atomic E-state index is 0.0479. The molecule has 3 heterocycles. The number of amides is 1. The molecule has 1 spiro atoms. The summed E-state index contributed by atoms with van der Waals surface area (Å²) in [7, 11) is 0. The first-order chi connectivity index (χ1) is 12.2. The molecule has 1 aromatic heterocycles. The molecule has 0 bridgehead atoms. The topological polar surface area (TPSA) is 79.7 Å². The van der Waals surface area contributed by atoms with Crippen LogP contribution in [0.2, 0.25) is 0 Å². The SMILES string of the molecule is CCOC1CSC2(C1)CN(C(=O)c1ccccn1)C2.O=C(O)C(F)(F)F. The number of carbonyl (C=O) groups excluding carboxylic acids is 1. The number of halogens is 3. The quantitative estimate of drug-likeness (QED) is 0.851. The molecule has 2 fully saturated rings. The lowest BCUT2D eigenvalue weighted by Gasteiger charge is -2.47. The smallest absolute Gasteiger partial charge is 0.475 e. The average molecular weight is 392 g/mol. The molecule has 0 radical (unpaired) electrons. The molecule has 0 aliphatic carbocycles. The standard InChI is InChI=1S/C14H18N2O2S.C2HF3O2/c1-2-18-11-7-14(19-8-11)9-16(10-14)13(17)12-5-3-4-6-15-12;3-2(4,5)1(6)7/h3-6,11H,2,7-10H2,1H3;(H,6,7).